The van der Waals surface area contributed by atoms with Crippen LogP contribution in [0.3, 0.4) is 0 Å². The SMILES string of the molecule is C=CC(=O)N1CCCC(CCC)C1. The van der Waals surface area contributed by atoms with Crippen molar-refractivity contribution in [2.75, 3.05) is 13.1 Å². The van der Waals surface area contributed by atoms with E-state index >= 15 is 0 Å². The summed E-state index contributed by atoms with van der Waals surface area (Å²) in [6.07, 6.45) is 6.34. The van der Waals surface area contributed by atoms with Crippen LogP contribution in [0.2, 0.25) is 0 Å². The lowest BCUT2D eigenvalue weighted by molar-refractivity contribution is -0.127. The maximum Gasteiger partial charge on any atom is 0.245 e. The van der Waals surface area contributed by atoms with E-state index in [2.05, 4.69) is 13.5 Å². The molecule has 0 saturated carbocycles. The molecule has 1 unspecified atom stereocenters. The maximum absolute atomic E-state index is 11.3. The van der Waals surface area contributed by atoms with Crippen molar-refractivity contribution >= 4 is 5.91 Å². The average Bonchev–Trinajstić information content (AvgIpc) is 2.18. The number of hydrogen-bond donors (Lipinski definition) is 0. The lowest BCUT2D eigenvalue weighted by Crippen LogP contribution is -2.38. The summed E-state index contributed by atoms with van der Waals surface area (Å²) in [5.41, 5.74) is 0. The molecule has 1 aliphatic rings. The Morgan fingerprint density at radius 3 is 3.08 bits per heavy atom. The molecule has 2 nitrogen and oxygen atoms in total. The molecule has 1 amide bonds. The molecule has 0 aromatic rings. The Hall–Kier alpha value is -0.790. The van der Waals surface area contributed by atoms with E-state index in [1.54, 1.807) is 0 Å². The van der Waals surface area contributed by atoms with Crippen molar-refractivity contribution in [3.8, 4) is 0 Å². The predicted octanol–water partition coefficient (Wildman–Crippen LogP) is 2.21. The van der Waals surface area contributed by atoms with E-state index in [9.17, 15) is 4.79 Å². The van der Waals surface area contributed by atoms with Gasteiger partial charge in [0.1, 0.15) is 0 Å². The van der Waals surface area contributed by atoms with Crippen LogP contribution in [0.25, 0.3) is 0 Å². The van der Waals surface area contributed by atoms with Crippen molar-refractivity contribution in [2.24, 2.45) is 5.92 Å². The Morgan fingerprint density at radius 1 is 1.69 bits per heavy atom. The Morgan fingerprint density at radius 2 is 2.46 bits per heavy atom. The summed E-state index contributed by atoms with van der Waals surface area (Å²) in [6.45, 7) is 7.58. The first kappa shape index (κ1) is 10.3. The van der Waals surface area contributed by atoms with E-state index in [0.29, 0.717) is 0 Å². The van der Waals surface area contributed by atoms with Crippen molar-refractivity contribution in [3.05, 3.63) is 12.7 Å². The second kappa shape index (κ2) is 5.05. The molecule has 0 N–H and O–H groups in total. The van der Waals surface area contributed by atoms with Crippen molar-refractivity contribution in [1.82, 2.24) is 4.90 Å². The molecule has 1 saturated heterocycles. The molecule has 13 heavy (non-hydrogen) atoms. The minimum absolute atomic E-state index is 0.0980. The number of carbonyl (C=O) groups excluding carboxylic acids is 1. The molecule has 1 heterocycles. The highest BCUT2D eigenvalue weighted by atomic mass is 16.2. The van der Waals surface area contributed by atoms with Gasteiger partial charge in [0.2, 0.25) is 5.91 Å². The minimum Gasteiger partial charge on any atom is -0.339 e. The highest BCUT2D eigenvalue weighted by Crippen LogP contribution is 2.20. The van der Waals surface area contributed by atoms with Gasteiger partial charge in [-0.2, -0.15) is 0 Å². The van der Waals surface area contributed by atoms with Gasteiger partial charge in [-0.05, 0) is 31.3 Å². The molecule has 2 heteroatoms. The van der Waals surface area contributed by atoms with E-state index in [1.165, 1.54) is 25.3 Å². The molecule has 0 bridgehead atoms. The quantitative estimate of drug-likeness (QED) is 0.611. The molecule has 0 radical (unpaired) electrons. The molecule has 1 fully saturated rings. The van der Waals surface area contributed by atoms with Crippen LogP contribution in [-0.2, 0) is 4.79 Å². The Bertz CT molecular complexity index is 187. The predicted molar refractivity (Wildman–Crippen MR) is 54.4 cm³/mol. The van der Waals surface area contributed by atoms with E-state index in [1.807, 2.05) is 4.90 Å². The molecular formula is C11H19NO. The zero-order chi connectivity index (χ0) is 9.68. The lowest BCUT2D eigenvalue weighted by Gasteiger charge is -2.31. The van der Waals surface area contributed by atoms with Crippen LogP contribution >= 0.6 is 0 Å². The van der Waals surface area contributed by atoms with Gasteiger partial charge in [-0.25, -0.2) is 0 Å². The fourth-order valence-corrected chi connectivity index (χ4v) is 2.04. The summed E-state index contributed by atoms with van der Waals surface area (Å²) in [4.78, 5) is 13.3. The van der Waals surface area contributed by atoms with Gasteiger partial charge in [-0.15, -0.1) is 0 Å². The second-order valence-corrected chi connectivity index (χ2v) is 3.79. The Labute approximate surface area is 80.6 Å². The molecule has 0 aromatic carbocycles. The van der Waals surface area contributed by atoms with E-state index in [-0.39, 0.29) is 5.91 Å². The first-order valence-corrected chi connectivity index (χ1v) is 5.19. The van der Waals surface area contributed by atoms with Gasteiger partial charge in [-0.3, -0.25) is 4.79 Å². The first-order valence-electron chi connectivity index (χ1n) is 5.19. The van der Waals surface area contributed by atoms with Gasteiger partial charge in [0.25, 0.3) is 0 Å². The number of piperidine rings is 1. The van der Waals surface area contributed by atoms with Crippen LogP contribution in [0, 0.1) is 5.92 Å². The monoisotopic (exact) mass is 181 g/mol. The molecule has 1 aliphatic heterocycles. The molecule has 0 spiro atoms. The van der Waals surface area contributed by atoms with E-state index < -0.39 is 0 Å². The van der Waals surface area contributed by atoms with Gasteiger partial charge < -0.3 is 4.90 Å². The van der Waals surface area contributed by atoms with Crippen LogP contribution < -0.4 is 0 Å². The standard InChI is InChI=1S/C11H19NO/c1-3-6-10-7-5-8-12(9-10)11(13)4-2/h4,10H,2-3,5-9H2,1H3. The summed E-state index contributed by atoms with van der Waals surface area (Å²) in [6, 6.07) is 0. The van der Waals surface area contributed by atoms with Gasteiger partial charge in [0.05, 0.1) is 0 Å². The first-order chi connectivity index (χ1) is 6.27. The van der Waals surface area contributed by atoms with Gasteiger partial charge in [0.15, 0.2) is 0 Å². The van der Waals surface area contributed by atoms with Gasteiger partial charge >= 0.3 is 0 Å². The second-order valence-electron chi connectivity index (χ2n) is 3.79. The molecular weight excluding hydrogens is 162 g/mol. The third-order valence-electron chi connectivity index (χ3n) is 2.70. The number of nitrogens with zero attached hydrogens (tertiary/aromatic N) is 1. The van der Waals surface area contributed by atoms with Crippen molar-refractivity contribution in [1.29, 1.82) is 0 Å². The van der Waals surface area contributed by atoms with Gasteiger partial charge in [0, 0.05) is 13.1 Å². The fraction of sp³-hybridized carbons (Fsp3) is 0.727. The van der Waals surface area contributed by atoms with Crippen LogP contribution in [0.4, 0.5) is 0 Å². The molecule has 74 valence electrons. The fourth-order valence-electron chi connectivity index (χ4n) is 2.04. The zero-order valence-corrected chi connectivity index (χ0v) is 8.46. The largest absolute Gasteiger partial charge is 0.339 e. The number of hydrogen-bond acceptors (Lipinski definition) is 1. The van der Waals surface area contributed by atoms with E-state index in [4.69, 9.17) is 0 Å². The third kappa shape index (κ3) is 2.87. The van der Waals surface area contributed by atoms with Crippen molar-refractivity contribution in [3.63, 3.8) is 0 Å². The minimum atomic E-state index is 0.0980. The zero-order valence-electron chi connectivity index (χ0n) is 8.46. The summed E-state index contributed by atoms with van der Waals surface area (Å²) in [5, 5.41) is 0. The van der Waals surface area contributed by atoms with Crippen LogP contribution in [0.15, 0.2) is 12.7 Å². The highest BCUT2D eigenvalue weighted by Gasteiger charge is 2.20. The summed E-state index contributed by atoms with van der Waals surface area (Å²) < 4.78 is 0. The number of rotatable bonds is 3. The summed E-state index contributed by atoms with van der Waals surface area (Å²) in [5.74, 6) is 0.823. The van der Waals surface area contributed by atoms with Crippen molar-refractivity contribution in [2.45, 2.75) is 32.6 Å². The van der Waals surface area contributed by atoms with Crippen LogP contribution in [-0.4, -0.2) is 23.9 Å². The van der Waals surface area contributed by atoms with E-state index in [0.717, 1.165) is 25.4 Å². The van der Waals surface area contributed by atoms with Gasteiger partial charge in [-0.1, -0.05) is 19.9 Å². The van der Waals surface area contributed by atoms with Crippen molar-refractivity contribution < 1.29 is 4.79 Å². The number of likely N-dealkylation sites (tertiary alicyclic amines) is 1. The third-order valence-corrected chi connectivity index (χ3v) is 2.70. The molecule has 0 aromatic heterocycles. The molecule has 0 aliphatic carbocycles. The highest BCUT2D eigenvalue weighted by molar-refractivity contribution is 5.87. The molecule has 1 rings (SSSR count). The Kier molecular flexibility index (Phi) is 4.00. The lowest BCUT2D eigenvalue weighted by atomic mass is 9.94. The maximum atomic E-state index is 11.3. The summed E-state index contributed by atoms with van der Waals surface area (Å²) >= 11 is 0. The smallest absolute Gasteiger partial charge is 0.245 e. The summed E-state index contributed by atoms with van der Waals surface area (Å²) in [7, 11) is 0. The van der Waals surface area contributed by atoms with Crippen LogP contribution in [0.5, 0.6) is 0 Å². The normalized spacial score (nSPS) is 22.8. The number of carbonyl (C=O) groups is 1. The Balaban J connectivity index is 2.41. The van der Waals surface area contributed by atoms with Crippen LogP contribution in [0.1, 0.15) is 32.6 Å². The average molecular weight is 181 g/mol. The molecule has 1 atom stereocenters. The number of amides is 1. The topological polar surface area (TPSA) is 20.3 Å².